The van der Waals surface area contributed by atoms with E-state index in [1.807, 2.05) is 0 Å². The number of aromatic amines is 1. The summed E-state index contributed by atoms with van der Waals surface area (Å²) < 4.78 is 11.5. The second kappa shape index (κ2) is 6.49. The van der Waals surface area contributed by atoms with Gasteiger partial charge in [-0.05, 0) is 0 Å². The van der Waals surface area contributed by atoms with Crippen molar-refractivity contribution in [3.8, 4) is 0 Å². The van der Waals surface area contributed by atoms with Crippen LogP contribution in [0, 0.1) is 0 Å². The molecule has 3 heterocycles. The van der Waals surface area contributed by atoms with Crippen LogP contribution in [0.15, 0.2) is 17.2 Å². The predicted octanol–water partition coefficient (Wildman–Crippen LogP) is -0.885. The van der Waals surface area contributed by atoms with Crippen molar-refractivity contribution in [3.63, 3.8) is 0 Å². The SMILES string of the molecule is Nc1cc2c(ncn2[C@@H]2O[C@H](OOP(O)CO)CC2O)c(=O)[nH]1. The molecule has 2 aromatic rings. The summed E-state index contributed by atoms with van der Waals surface area (Å²) in [6, 6.07) is 1.50. The van der Waals surface area contributed by atoms with Gasteiger partial charge in [-0.1, -0.05) is 0 Å². The number of nitrogen functional groups attached to an aromatic ring is 1. The van der Waals surface area contributed by atoms with Gasteiger partial charge in [-0.3, -0.25) is 4.79 Å². The first kappa shape index (κ1) is 16.3. The third kappa shape index (κ3) is 3.21. The zero-order valence-electron chi connectivity index (χ0n) is 11.7. The Morgan fingerprint density at radius 1 is 1.61 bits per heavy atom. The van der Waals surface area contributed by atoms with Gasteiger partial charge in [0.2, 0.25) is 8.38 Å². The molecular weight excluding hydrogens is 331 g/mol. The molecule has 1 fully saturated rings. The first-order chi connectivity index (χ1) is 11.0. The fraction of sp³-hybridized carbons (Fsp3) is 0.455. The Balaban J connectivity index is 1.81. The summed E-state index contributed by atoms with van der Waals surface area (Å²) in [7, 11) is -2.11. The van der Waals surface area contributed by atoms with Crippen LogP contribution in [-0.2, 0) is 14.3 Å². The van der Waals surface area contributed by atoms with Crippen LogP contribution in [0.4, 0.5) is 5.82 Å². The van der Waals surface area contributed by atoms with Crippen LogP contribution < -0.4 is 11.3 Å². The number of aliphatic hydroxyl groups is 2. The third-order valence-corrected chi connectivity index (χ3v) is 3.78. The van der Waals surface area contributed by atoms with Crippen molar-refractivity contribution in [2.24, 2.45) is 0 Å². The lowest BCUT2D eigenvalue weighted by Crippen LogP contribution is -2.19. The van der Waals surface area contributed by atoms with E-state index in [4.69, 9.17) is 25.4 Å². The average molecular weight is 346 g/mol. The molecule has 12 heteroatoms. The van der Waals surface area contributed by atoms with Crippen molar-refractivity contribution >= 4 is 25.2 Å². The lowest BCUT2D eigenvalue weighted by molar-refractivity contribution is -0.318. The molecule has 6 N–H and O–H groups in total. The molecule has 11 nitrogen and oxygen atoms in total. The van der Waals surface area contributed by atoms with E-state index in [0.29, 0.717) is 5.52 Å². The van der Waals surface area contributed by atoms with Crippen molar-refractivity contribution in [1.29, 1.82) is 0 Å². The quantitative estimate of drug-likeness (QED) is 0.262. The van der Waals surface area contributed by atoms with Gasteiger partial charge in [-0.25, -0.2) is 4.98 Å². The van der Waals surface area contributed by atoms with Gasteiger partial charge in [-0.2, -0.15) is 9.56 Å². The number of nitrogens with zero attached hydrogens (tertiary/aromatic N) is 2. The Hall–Kier alpha value is -1.59. The molecule has 23 heavy (non-hydrogen) atoms. The number of hydrogen-bond donors (Lipinski definition) is 5. The van der Waals surface area contributed by atoms with Gasteiger partial charge in [0.1, 0.15) is 18.3 Å². The van der Waals surface area contributed by atoms with Gasteiger partial charge in [0.05, 0.1) is 11.8 Å². The number of aliphatic hydroxyl groups excluding tert-OH is 2. The van der Waals surface area contributed by atoms with Crippen molar-refractivity contribution < 1.29 is 29.4 Å². The molecule has 0 radical (unpaired) electrons. The zero-order valence-corrected chi connectivity index (χ0v) is 12.6. The summed E-state index contributed by atoms with van der Waals surface area (Å²) in [5.41, 5.74) is 5.73. The zero-order chi connectivity index (χ0) is 16.6. The molecular formula is C11H15N4O7P. The normalized spacial score (nSPS) is 26.0. The number of imidazole rings is 1. The summed E-state index contributed by atoms with van der Waals surface area (Å²) in [5.74, 6) is 0.154. The van der Waals surface area contributed by atoms with Crippen LogP contribution in [0.5, 0.6) is 0 Å². The van der Waals surface area contributed by atoms with Gasteiger partial charge < -0.3 is 35.1 Å². The molecule has 126 valence electrons. The highest BCUT2D eigenvalue weighted by molar-refractivity contribution is 7.45. The summed E-state index contributed by atoms with van der Waals surface area (Å²) in [5, 5.41) is 18.8. The van der Waals surface area contributed by atoms with Gasteiger partial charge in [0.15, 0.2) is 18.0 Å². The lowest BCUT2D eigenvalue weighted by Gasteiger charge is -2.17. The maximum atomic E-state index is 11.8. The standard InChI is InChI=1S/C11H15N4O7P/c12-7-1-5-9(10(18)14-7)13-3-15(5)11-6(17)2-8(20-11)21-22-23(19)4-16/h1,3,6,8,11,16-17,19H,2,4H2,(H3,12,14,18)/t6?,8-,11-,23?/m1/s1. The molecule has 0 bridgehead atoms. The number of fused-ring (bicyclic) bond motifs is 1. The average Bonchev–Trinajstić information content (AvgIpc) is 3.08. The fourth-order valence-electron chi connectivity index (χ4n) is 2.31. The minimum atomic E-state index is -2.11. The summed E-state index contributed by atoms with van der Waals surface area (Å²) in [6.07, 6.45) is -1.94. The van der Waals surface area contributed by atoms with E-state index in [0.717, 1.165) is 0 Å². The maximum absolute atomic E-state index is 11.8. The molecule has 2 unspecified atom stereocenters. The number of hydrogen-bond acceptors (Lipinski definition) is 9. The number of rotatable bonds is 5. The molecule has 0 spiro atoms. The van der Waals surface area contributed by atoms with Gasteiger partial charge >= 0.3 is 0 Å². The number of nitrogens with one attached hydrogen (secondary N) is 1. The molecule has 4 atom stereocenters. The fourth-order valence-corrected chi connectivity index (χ4v) is 2.56. The number of pyridine rings is 1. The topological polar surface area (TPSA) is 165 Å². The first-order valence-electron chi connectivity index (χ1n) is 6.59. The van der Waals surface area contributed by atoms with Crippen molar-refractivity contribution in [1.82, 2.24) is 14.5 Å². The Morgan fingerprint density at radius 3 is 3.13 bits per heavy atom. The molecule has 0 aromatic carbocycles. The van der Waals surface area contributed by atoms with Gasteiger partial charge in [-0.15, -0.1) is 0 Å². The highest BCUT2D eigenvalue weighted by Crippen LogP contribution is 2.35. The summed E-state index contributed by atoms with van der Waals surface area (Å²) >= 11 is 0. The lowest BCUT2D eigenvalue weighted by atomic mass is 10.2. The van der Waals surface area contributed by atoms with E-state index >= 15 is 0 Å². The largest absolute Gasteiger partial charge is 0.388 e. The Labute approximate surface area is 130 Å². The molecule has 3 rings (SSSR count). The Morgan fingerprint density at radius 2 is 2.39 bits per heavy atom. The van der Waals surface area contributed by atoms with Crippen LogP contribution >= 0.6 is 8.38 Å². The second-order valence-corrected chi connectivity index (χ2v) is 6.00. The van der Waals surface area contributed by atoms with Crippen LogP contribution in [0.1, 0.15) is 12.6 Å². The summed E-state index contributed by atoms with van der Waals surface area (Å²) in [6.45, 7) is 0. The van der Waals surface area contributed by atoms with E-state index in [9.17, 15) is 9.90 Å². The first-order valence-corrected chi connectivity index (χ1v) is 7.99. The molecule has 1 aliphatic heterocycles. The molecule has 0 saturated carbocycles. The Kier molecular flexibility index (Phi) is 4.60. The second-order valence-electron chi connectivity index (χ2n) is 4.86. The van der Waals surface area contributed by atoms with Crippen LogP contribution in [-0.4, -0.2) is 48.4 Å². The number of anilines is 1. The number of H-pyrrole nitrogens is 1. The predicted molar refractivity (Wildman–Crippen MR) is 77.7 cm³/mol. The van der Waals surface area contributed by atoms with E-state index in [2.05, 4.69) is 14.6 Å². The highest BCUT2D eigenvalue weighted by atomic mass is 31.2. The van der Waals surface area contributed by atoms with Crippen LogP contribution in [0.3, 0.4) is 0 Å². The minimum Gasteiger partial charge on any atom is -0.388 e. The number of nitrogens with two attached hydrogens (primary N) is 1. The van der Waals surface area contributed by atoms with E-state index < -0.39 is 38.9 Å². The number of ether oxygens (including phenoxy) is 1. The van der Waals surface area contributed by atoms with Crippen molar-refractivity contribution in [2.75, 3.05) is 12.1 Å². The van der Waals surface area contributed by atoms with E-state index in [1.54, 1.807) is 0 Å². The molecule has 1 saturated heterocycles. The minimum absolute atomic E-state index is 0.0671. The Bertz CT molecular complexity index is 750. The summed E-state index contributed by atoms with van der Waals surface area (Å²) in [4.78, 5) is 32.1. The molecule has 0 aliphatic carbocycles. The van der Waals surface area contributed by atoms with Crippen LogP contribution in [0.2, 0.25) is 0 Å². The highest BCUT2D eigenvalue weighted by Gasteiger charge is 2.37. The monoisotopic (exact) mass is 346 g/mol. The molecule has 1 aliphatic rings. The van der Waals surface area contributed by atoms with E-state index in [-0.39, 0.29) is 17.8 Å². The number of aromatic nitrogens is 3. The van der Waals surface area contributed by atoms with Crippen molar-refractivity contribution in [3.05, 3.63) is 22.7 Å². The maximum Gasteiger partial charge on any atom is 0.277 e. The van der Waals surface area contributed by atoms with Gasteiger partial charge in [0.25, 0.3) is 5.56 Å². The smallest absolute Gasteiger partial charge is 0.277 e. The molecule has 0 amide bonds. The van der Waals surface area contributed by atoms with Gasteiger partial charge in [0, 0.05) is 12.5 Å². The molecule has 2 aromatic heterocycles. The van der Waals surface area contributed by atoms with Crippen molar-refractivity contribution in [2.45, 2.75) is 25.0 Å². The van der Waals surface area contributed by atoms with Crippen LogP contribution in [0.25, 0.3) is 11.0 Å². The van der Waals surface area contributed by atoms with E-state index in [1.165, 1.54) is 17.0 Å². The third-order valence-electron chi connectivity index (χ3n) is 3.28.